The minimum Gasteiger partial charge on any atom is -0.454 e. The van der Waals surface area contributed by atoms with Gasteiger partial charge < -0.3 is 13.6 Å². The molecule has 0 N–H and O–H groups in total. The Kier molecular flexibility index (Phi) is 4.79. The molecule has 0 amide bonds. The zero-order valence-electron chi connectivity index (χ0n) is 22.5. The number of benzene rings is 6. The molecular weight excluding hydrogens is 519 g/mol. The molecule has 0 aliphatic carbocycles. The lowest BCUT2D eigenvalue weighted by molar-refractivity contribution is 0.627. The summed E-state index contributed by atoms with van der Waals surface area (Å²) >= 11 is 0. The number of aromatic nitrogens is 2. The molecule has 4 heteroatoms. The molecule has 9 rings (SSSR count). The molecule has 42 heavy (non-hydrogen) atoms. The summed E-state index contributed by atoms with van der Waals surface area (Å²) in [5.41, 5.74) is 10.5. The first-order chi connectivity index (χ1) is 20.7. The minimum atomic E-state index is -0.239. The van der Waals surface area contributed by atoms with E-state index in [1.165, 1.54) is 22.9 Å². The summed E-state index contributed by atoms with van der Waals surface area (Å²) in [6.45, 7) is 0. The summed E-state index contributed by atoms with van der Waals surface area (Å²) in [5.74, 6) is -0.239. The monoisotopic (exact) mass is 542 g/mol. The Labute approximate surface area is 240 Å². The Morgan fingerprint density at radius 1 is 0.452 bits per heavy atom. The predicted octanol–water partition coefficient (Wildman–Crippen LogP) is 10.4. The molecule has 0 unspecified atom stereocenters. The van der Waals surface area contributed by atoms with Crippen LogP contribution in [0.4, 0.5) is 4.39 Å². The lowest BCUT2D eigenvalue weighted by Crippen LogP contribution is -1.94. The average molecular weight is 543 g/mol. The number of hydrogen-bond acceptors (Lipinski definition) is 1. The largest absolute Gasteiger partial charge is 0.454 e. The molecule has 0 bridgehead atoms. The maximum Gasteiger partial charge on any atom is 0.161 e. The van der Waals surface area contributed by atoms with Crippen LogP contribution in [-0.4, -0.2) is 9.13 Å². The van der Waals surface area contributed by atoms with Gasteiger partial charge in [0.05, 0.1) is 16.6 Å². The van der Waals surface area contributed by atoms with Crippen molar-refractivity contribution in [3.63, 3.8) is 0 Å². The summed E-state index contributed by atoms with van der Waals surface area (Å²) in [7, 11) is 0. The van der Waals surface area contributed by atoms with E-state index in [2.05, 4.69) is 106 Å². The second-order valence-electron chi connectivity index (χ2n) is 10.7. The van der Waals surface area contributed by atoms with E-state index in [0.29, 0.717) is 0 Å². The predicted molar refractivity (Wildman–Crippen MR) is 170 cm³/mol. The molecule has 3 heterocycles. The molecule has 3 aromatic heterocycles. The van der Waals surface area contributed by atoms with Gasteiger partial charge in [0.15, 0.2) is 5.58 Å². The number of hydrogen-bond donors (Lipinski definition) is 0. The van der Waals surface area contributed by atoms with Crippen molar-refractivity contribution in [3.8, 4) is 22.5 Å². The molecule has 0 aliphatic rings. The van der Waals surface area contributed by atoms with Crippen molar-refractivity contribution in [3.05, 3.63) is 145 Å². The first-order valence-corrected chi connectivity index (χ1v) is 14.1. The van der Waals surface area contributed by atoms with E-state index in [1.54, 1.807) is 0 Å². The van der Waals surface area contributed by atoms with E-state index in [-0.39, 0.29) is 5.82 Å². The van der Waals surface area contributed by atoms with Gasteiger partial charge in [-0.05, 0) is 83.9 Å². The molecule has 0 saturated heterocycles. The smallest absolute Gasteiger partial charge is 0.161 e. The van der Waals surface area contributed by atoms with Crippen LogP contribution in [0.2, 0.25) is 0 Å². The fraction of sp³-hybridized carbons (Fsp3) is 0. The van der Waals surface area contributed by atoms with Gasteiger partial charge in [-0.1, -0.05) is 66.7 Å². The summed E-state index contributed by atoms with van der Waals surface area (Å²) in [6, 6.07) is 47.1. The van der Waals surface area contributed by atoms with Crippen molar-refractivity contribution in [1.29, 1.82) is 0 Å². The fourth-order valence-electron chi connectivity index (χ4n) is 6.51. The molecule has 0 fully saturated rings. The van der Waals surface area contributed by atoms with Gasteiger partial charge in [0.1, 0.15) is 16.9 Å². The number of rotatable bonds is 3. The van der Waals surface area contributed by atoms with Crippen LogP contribution < -0.4 is 0 Å². The maximum absolute atomic E-state index is 13.8. The highest BCUT2D eigenvalue weighted by Gasteiger charge is 2.19. The third-order valence-corrected chi connectivity index (χ3v) is 8.40. The van der Waals surface area contributed by atoms with Gasteiger partial charge in [0.2, 0.25) is 0 Å². The number of para-hydroxylation sites is 3. The molecule has 9 aromatic rings. The number of furan rings is 1. The van der Waals surface area contributed by atoms with Crippen molar-refractivity contribution >= 4 is 54.8 Å². The quantitative estimate of drug-likeness (QED) is 0.218. The van der Waals surface area contributed by atoms with Gasteiger partial charge in [-0.25, -0.2) is 4.39 Å². The van der Waals surface area contributed by atoms with Crippen molar-refractivity contribution in [2.75, 3.05) is 0 Å². The normalized spacial score (nSPS) is 11.9. The highest BCUT2D eigenvalue weighted by Crippen LogP contribution is 2.39. The van der Waals surface area contributed by atoms with Crippen LogP contribution in [0.25, 0.3) is 77.3 Å². The fourth-order valence-corrected chi connectivity index (χ4v) is 6.51. The zero-order chi connectivity index (χ0) is 27.8. The van der Waals surface area contributed by atoms with Gasteiger partial charge in [-0.2, -0.15) is 0 Å². The Morgan fingerprint density at radius 2 is 1.02 bits per heavy atom. The molecule has 0 spiro atoms. The van der Waals surface area contributed by atoms with Gasteiger partial charge in [-0.3, -0.25) is 0 Å². The SMILES string of the molecule is Fc1ccc(-n2c3ccccc3c3ccc(-c4ccc(-n5c6ccccc6c6oc7ccccc7c65)cc4)cc32)cc1. The van der Waals surface area contributed by atoms with E-state index < -0.39 is 0 Å². The Balaban J connectivity index is 1.22. The molecule has 0 radical (unpaired) electrons. The van der Waals surface area contributed by atoms with Crippen LogP contribution in [0, 0.1) is 5.82 Å². The Bertz CT molecular complexity index is 2450. The molecule has 3 nitrogen and oxygen atoms in total. The standard InChI is InChI=1S/C38H23FN2O/c39-26-16-20-27(21-17-26)40-33-10-4-1-7-29(33)30-22-15-25(23-35(30)40)24-13-18-28(19-14-24)41-34-11-5-2-8-31(34)38-37(41)32-9-3-6-12-36(32)42-38/h1-23H. The highest BCUT2D eigenvalue weighted by molar-refractivity contribution is 6.16. The van der Waals surface area contributed by atoms with Crippen LogP contribution in [0.15, 0.2) is 144 Å². The molecule has 0 saturated carbocycles. The molecule has 6 aromatic carbocycles. The second-order valence-corrected chi connectivity index (χ2v) is 10.7. The van der Waals surface area contributed by atoms with Gasteiger partial charge in [0.25, 0.3) is 0 Å². The minimum absolute atomic E-state index is 0.239. The highest BCUT2D eigenvalue weighted by atomic mass is 19.1. The first-order valence-electron chi connectivity index (χ1n) is 14.1. The van der Waals surface area contributed by atoms with Crippen LogP contribution in [-0.2, 0) is 0 Å². The number of halogens is 1. The molecule has 198 valence electrons. The molecule has 0 aliphatic heterocycles. The van der Waals surface area contributed by atoms with Crippen LogP contribution in [0.5, 0.6) is 0 Å². The van der Waals surface area contributed by atoms with Crippen LogP contribution in [0.1, 0.15) is 0 Å². The second kappa shape index (κ2) is 8.69. The lowest BCUT2D eigenvalue weighted by atomic mass is 10.0. The van der Waals surface area contributed by atoms with Gasteiger partial charge in [0, 0.05) is 32.9 Å². The summed E-state index contributed by atoms with van der Waals surface area (Å²) in [6.07, 6.45) is 0. The molecule has 0 atom stereocenters. The zero-order valence-corrected chi connectivity index (χ0v) is 22.5. The van der Waals surface area contributed by atoms with Crippen molar-refractivity contribution < 1.29 is 8.81 Å². The number of nitrogens with zero attached hydrogens (tertiary/aromatic N) is 2. The lowest BCUT2D eigenvalue weighted by Gasteiger charge is -2.11. The van der Waals surface area contributed by atoms with E-state index in [9.17, 15) is 4.39 Å². The maximum atomic E-state index is 13.8. The number of fused-ring (bicyclic) bond motifs is 8. The first kappa shape index (κ1) is 23.1. The van der Waals surface area contributed by atoms with E-state index >= 15 is 0 Å². The third-order valence-electron chi connectivity index (χ3n) is 8.40. The van der Waals surface area contributed by atoms with E-state index in [0.717, 1.165) is 66.5 Å². The summed E-state index contributed by atoms with van der Waals surface area (Å²) in [4.78, 5) is 0. The Hall–Kier alpha value is -5.61. The van der Waals surface area contributed by atoms with Gasteiger partial charge >= 0.3 is 0 Å². The topological polar surface area (TPSA) is 23.0 Å². The van der Waals surface area contributed by atoms with Crippen molar-refractivity contribution in [1.82, 2.24) is 9.13 Å². The third kappa shape index (κ3) is 3.26. The van der Waals surface area contributed by atoms with Crippen molar-refractivity contribution in [2.24, 2.45) is 0 Å². The average Bonchev–Trinajstić information content (AvgIpc) is 3.68. The van der Waals surface area contributed by atoms with E-state index in [4.69, 9.17) is 4.42 Å². The van der Waals surface area contributed by atoms with Crippen molar-refractivity contribution in [2.45, 2.75) is 0 Å². The summed E-state index contributed by atoms with van der Waals surface area (Å²) in [5, 5.41) is 4.55. The van der Waals surface area contributed by atoms with Crippen LogP contribution >= 0.6 is 0 Å². The van der Waals surface area contributed by atoms with Crippen LogP contribution in [0.3, 0.4) is 0 Å². The Morgan fingerprint density at radius 3 is 1.81 bits per heavy atom. The van der Waals surface area contributed by atoms with E-state index in [1.807, 2.05) is 30.3 Å². The molecular formula is C38H23FN2O. The summed E-state index contributed by atoms with van der Waals surface area (Å²) < 4.78 is 24.6. The van der Waals surface area contributed by atoms with Gasteiger partial charge in [-0.15, -0.1) is 0 Å².